The smallest absolute Gasteiger partial charge is 0.244 e. The second kappa shape index (κ2) is 9.56. The van der Waals surface area contributed by atoms with Gasteiger partial charge in [0.15, 0.2) is 0 Å². The number of nitrogens with zero attached hydrogens (tertiary/aromatic N) is 1. The molecule has 0 bridgehead atoms. The van der Waals surface area contributed by atoms with Crippen molar-refractivity contribution in [1.29, 1.82) is 0 Å². The van der Waals surface area contributed by atoms with E-state index in [4.69, 9.17) is 11.6 Å². The number of hydrogen-bond acceptors (Lipinski definition) is 2. The Morgan fingerprint density at radius 1 is 1.15 bits per heavy atom. The Morgan fingerprint density at radius 2 is 1.85 bits per heavy atom. The Bertz CT molecular complexity index is 818. The maximum absolute atomic E-state index is 12.6. The van der Waals surface area contributed by atoms with Gasteiger partial charge in [0.1, 0.15) is 0 Å². The molecule has 0 radical (unpaired) electrons. The summed E-state index contributed by atoms with van der Waals surface area (Å²) in [5.41, 5.74) is 3.99. The van der Waals surface area contributed by atoms with E-state index < -0.39 is 0 Å². The number of aryl methyl sites for hydroxylation is 1. The second-order valence-electron chi connectivity index (χ2n) is 7.06. The molecule has 144 valence electrons. The Morgan fingerprint density at radius 3 is 2.48 bits per heavy atom. The van der Waals surface area contributed by atoms with E-state index in [1.165, 1.54) is 6.92 Å². The lowest BCUT2D eigenvalue weighted by molar-refractivity contribution is -0.132. The summed E-state index contributed by atoms with van der Waals surface area (Å²) in [6.45, 7) is 8.15. The van der Waals surface area contributed by atoms with Crippen LogP contribution in [0.15, 0.2) is 42.5 Å². The number of carbonyl (C=O) groups is 2. The zero-order chi connectivity index (χ0) is 20.0. The van der Waals surface area contributed by atoms with Crippen molar-refractivity contribution >= 4 is 29.1 Å². The summed E-state index contributed by atoms with van der Waals surface area (Å²) in [7, 11) is 0. The molecular formula is C22H27ClN2O2. The van der Waals surface area contributed by atoms with E-state index in [2.05, 4.69) is 19.2 Å². The lowest BCUT2D eigenvalue weighted by atomic mass is 9.98. The van der Waals surface area contributed by atoms with Crippen molar-refractivity contribution in [3.8, 4) is 0 Å². The minimum atomic E-state index is -0.188. The van der Waals surface area contributed by atoms with E-state index in [0.717, 1.165) is 22.4 Å². The molecule has 4 nitrogen and oxygen atoms in total. The van der Waals surface area contributed by atoms with Gasteiger partial charge in [-0.2, -0.15) is 0 Å². The van der Waals surface area contributed by atoms with Gasteiger partial charge in [0.2, 0.25) is 11.8 Å². The molecule has 0 saturated heterocycles. The predicted molar refractivity (Wildman–Crippen MR) is 111 cm³/mol. The Hall–Kier alpha value is -2.33. The first-order chi connectivity index (χ1) is 12.8. The highest BCUT2D eigenvalue weighted by Crippen LogP contribution is 2.27. The molecule has 0 aromatic heterocycles. The molecule has 27 heavy (non-hydrogen) atoms. The average molecular weight is 387 g/mol. The van der Waals surface area contributed by atoms with Crippen molar-refractivity contribution < 1.29 is 9.59 Å². The fourth-order valence-corrected chi connectivity index (χ4v) is 3.21. The third-order valence-electron chi connectivity index (χ3n) is 4.53. The molecule has 0 saturated carbocycles. The first-order valence-corrected chi connectivity index (χ1v) is 9.55. The molecule has 2 aromatic rings. The maximum Gasteiger partial charge on any atom is 0.244 e. The molecule has 0 heterocycles. The number of benzene rings is 2. The SMILES string of the molecule is CC(=O)N(CCc1cccc(Cl)c1)CC(=O)Nc1c(C)cccc1C(C)C. The first-order valence-electron chi connectivity index (χ1n) is 9.17. The van der Waals surface area contributed by atoms with Gasteiger partial charge >= 0.3 is 0 Å². The van der Waals surface area contributed by atoms with Crippen LogP contribution in [-0.4, -0.2) is 29.8 Å². The number of anilines is 1. The highest BCUT2D eigenvalue weighted by atomic mass is 35.5. The van der Waals surface area contributed by atoms with Crippen LogP contribution in [0.25, 0.3) is 0 Å². The normalized spacial score (nSPS) is 10.7. The van der Waals surface area contributed by atoms with Gasteiger partial charge < -0.3 is 10.2 Å². The zero-order valence-corrected chi connectivity index (χ0v) is 17.1. The van der Waals surface area contributed by atoms with Crippen LogP contribution in [0, 0.1) is 6.92 Å². The number of nitrogens with one attached hydrogen (secondary N) is 1. The van der Waals surface area contributed by atoms with E-state index >= 15 is 0 Å². The van der Waals surface area contributed by atoms with Gasteiger partial charge in [-0.3, -0.25) is 9.59 Å². The van der Waals surface area contributed by atoms with Gasteiger partial charge in [-0.25, -0.2) is 0 Å². The number of carbonyl (C=O) groups excluding carboxylic acids is 2. The minimum absolute atomic E-state index is 0.0295. The summed E-state index contributed by atoms with van der Waals surface area (Å²) in [5.74, 6) is -0.0134. The van der Waals surface area contributed by atoms with Crippen LogP contribution < -0.4 is 5.32 Å². The summed E-state index contributed by atoms with van der Waals surface area (Å²) in [5, 5.41) is 3.67. The highest BCUT2D eigenvalue weighted by molar-refractivity contribution is 6.30. The Kier molecular flexibility index (Phi) is 7.43. The first kappa shape index (κ1) is 21.0. The summed E-state index contributed by atoms with van der Waals surface area (Å²) in [6, 6.07) is 13.5. The number of hydrogen-bond donors (Lipinski definition) is 1. The van der Waals surface area contributed by atoms with Gasteiger partial charge in [0.25, 0.3) is 0 Å². The lowest BCUT2D eigenvalue weighted by Crippen LogP contribution is -2.38. The number of para-hydroxylation sites is 1. The van der Waals surface area contributed by atoms with Gasteiger partial charge in [0.05, 0.1) is 6.54 Å². The van der Waals surface area contributed by atoms with Crippen molar-refractivity contribution in [3.63, 3.8) is 0 Å². The number of halogens is 1. The predicted octanol–water partition coefficient (Wildman–Crippen LogP) is 4.80. The largest absolute Gasteiger partial charge is 0.333 e. The summed E-state index contributed by atoms with van der Waals surface area (Å²) < 4.78 is 0. The molecule has 0 aliphatic rings. The van der Waals surface area contributed by atoms with E-state index in [9.17, 15) is 9.59 Å². The molecule has 0 aliphatic heterocycles. The van der Waals surface area contributed by atoms with Gasteiger partial charge in [-0.15, -0.1) is 0 Å². The van der Waals surface area contributed by atoms with E-state index in [0.29, 0.717) is 23.9 Å². The molecule has 2 amide bonds. The summed E-state index contributed by atoms with van der Waals surface area (Å²) in [4.78, 5) is 26.1. The molecule has 0 aliphatic carbocycles. The lowest BCUT2D eigenvalue weighted by Gasteiger charge is -2.22. The van der Waals surface area contributed by atoms with Gasteiger partial charge in [-0.1, -0.05) is 55.8 Å². The molecule has 2 rings (SSSR count). The molecule has 0 unspecified atom stereocenters. The molecular weight excluding hydrogens is 360 g/mol. The monoisotopic (exact) mass is 386 g/mol. The average Bonchev–Trinajstić information content (AvgIpc) is 2.60. The molecule has 0 fully saturated rings. The number of amides is 2. The van der Waals surface area contributed by atoms with Gasteiger partial charge in [0, 0.05) is 24.2 Å². The van der Waals surface area contributed by atoms with Crippen LogP contribution in [0.3, 0.4) is 0 Å². The zero-order valence-electron chi connectivity index (χ0n) is 16.4. The maximum atomic E-state index is 12.6. The standard InChI is InChI=1S/C22H27ClN2O2/c1-15(2)20-10-5-7-16(3)22(20)24-21(27)14-25(17(4)26)12-11-18-8-6-9-19(23)13-18/h5-10,13,15H,11-12,14H2,1-4H3,(H,24,27). The van der Waals surface area contributed by atoms with E-state index in [-0.39, 0.29) is 18.4 Å². The van der Waals surface area contributed by atoms with Crippen LogP contribution in [0.2, 0.25) is 5.02 Å². The Balaban J connectivity index is 2.04. The van der Waals surface area contributed by atoms with Crippen LogP contribution in [0.4, 0.5) is 5.69 Å². The van der Waals surface area contributed by atoms with Crippen molar-refractivity contribution in [3.05, 3.63) is 64.2 Å². The molecule has 2 aromatic carbocycles. The van der Waals surface area contributed by atoms with Crippen molar-refractivity contribution in [2.24, 2.45) is 0 Å². The molecule has 1 N–H and O–H groups in total. The Labute approximate surface area is 166 Å². The van der Waals surface area contributed by atoms with Crippen LogP contribution in [0.1, 0.15) is 43.4 Å². The fourth-order valence-electron chi connectivity index (χ4n) is 3.00. The summed E-state index contributed by atoms with van der Waals surface area (Å²) in [6.07, 6.45) is 0.648. The molecule has 5 heteroatoms. The number of rotatable bonds is 7. The molecule has 0 atom stereocenters. The molecule has 0 spiro atoms. The van der Waals surface area contributed by atoms with Crippen molar-refractivity contribution in [2.45, 2.75) is 40.0 Å². The van der Waals surface area contributed by atoms with Crippen LogP contribution >= 0.6 is 11.6 Å². The topological polar surface area (TPSA) is 49.4 Å². The van der Waals surface area contributed by atoms with Crippen molar-refractivity contribution in [1.82, 2.24) is 4.90 Å². The second-order valence-corrected chi connectivity index (χ2v) is 7.50. The fraction of sp³-hybridized carbons (Fsp3) is 0.364. The van der Waals surface area contributed by atoms with Gasteiger partial charge in [-0.05, 0) is 48.1 Å². The van der Waals surface area contributed by atoms with E-state index in [1.54, 1.807) is 4.90 Å². The van der Waals surface area contributed by atoms with Crippen molar-refractivity contribution in [2.75, 3.05) is 18.4 Å². The minimum Gasteiger partial charge on any atom is -0.333 e. The van der Waals surface area contributed by atoms with Crippen LogP contribution in [0.5, 0.6) is 0 Å². The third kappa shape index (κ3) is 6.10. The summed E-state index contributed by atoms with van der Waals surface area (Å²) >= 11 is 6.01. The van der Waals surface area contributed by atoms with E-state index in [1.807, 2.05) is 49.4 Å². The third-order valence-corrected chi connectivity index (χ3v) is 4.77. The van der Waals surface area contributed by atoms with Crippen LogP contribution in [-0.2, 0) is 16.0 Å². The quantitative estimate of drug-likeness (QED) is 0.742. The highest BCUT2D eigenvalue weighted by Gasteiger charge is 2.16.